The molecule has 1 heterocycles. The Hall–Kier alpha value is -1.22. The maximum Gasteiger partial charge on any atom is 0.231 e. The number of benzene rings is 1. The van der Waals surface area contributed by atoms with Gasteiger partial charge in [-0.3, -0.25) is 0 Å². The van der Waals surface area contributed by atoms with E-state index in [9.17, 15) is 0 Å². The van der Waals surface area contributed by atoms with E-state index in [0.717, 1.165) is 18.0 Å². The third-order valence-electron chi connectivity index (χ3n) is 4.06. The molecule has 3 heteroatoms. The molecule has 0 aromatic heterocycles. The second kappa shape index (κ2) is 4.22. The smallest absolute Gasteiger partial charge is 0.231 e. The van der Waals surface area contributed by atoms with Crippen molar-refractivity contribution in [2.24, 2.45) is 0 Å². The average molecular weight is 233 g/mol. The third kappa shape index (κ3) is 1.78. The fraction of sp³-hybridized carbons (Fsp3) is 0.571. The summed E-state index contributed by atoms with van der Waals surface area (Å²) in [6, 6.07) is 6.43. The van der Waals surface area contributed by atoms with Gasteiger partial charge in [-0.05, 0) is 37.6 Å². The van der Waals surface area contributed by atoms with Crippen LogP contribution < -0.4 is 14.8 Å². The lowest BCUT2D eigenvalue weighted by atomic mass is 9.78. The van der Waals surface area contributed by atoms with Gasteiger partial charge >= 0.3 is 0 Å². The van der Waals surface area contributed by atoms with Crippen molar-refractivity contribution in [3.63, 3.8) is 0 Å². The molecule has 0 bridgehead atoms. The summed E-state index contributed by atoms with van der Waals surface area (Å²) in [6.45, 7) is 1.41. The molecule has 17 heavy (non-hydrogen) atoms. The highest BCUT2D eigenvalue weighted by molar-refractivity contribution is 5.47. The fourth-order valence-corrected chi connectivity index (χ4v) is 3.18. The molecule has 0 radical (unpaired) electrons. The first-order valence-corrected chi connectivity index (χ1v) is 6.39. The topological polar surface area (TPSA) is 30.5 Å². The molecule has 92 valence electrons. The van der Waals surface area contributed by atoms with Crippen LogP contribution in [0.1, 0.15) is 31.2 Å². The van der Waals surface area contributed by atoms with E-state index in [1.165, 1.54) is 31.2 Å². The lowest BCUT2D eigenvalue weighted by molar-refractivity contribution is 0.174. The third-order valence-corrected chi connectivity index (χ3v) is 4.06. The Balaban J connectivity index is 1.96. The quantitative estimate of drug-likeness (QED) is 0.870. The van der Waals surface area contributed by atoms with Crippen LogP contribution in [0.25, 0.3) is 0 Å². The molecule has 1 aromatic rings. The Bertz CT molecular complexity index is 411. The van der Waals surface area contributed by atoms with Crippen LogP contribution in [-0.4, -0.2) is 20.4 Å². The number of nitrogens with one attached hydrogen (secondary N) is 1. The minimum Gasteiger partial charge on any atom is -0.454 e. The molecule has 2 aliphatic rings. The van der Waals surface area contributed by atoms with E-state index < -0.39 is 0 Å². The molecule has 1 aromatic carbocycles. The van der Waals surface area contributed by atoms with E-state index in [0.29, 0.717) is 12.2 Å². The predicted octanol–water partition coefficient (Wildman–Crippen LogP) is 2.45. The molecular formula is C14H19NO2. The van der Waals surface area contributed by atoms with E-state index in [2.05, 4.69) is 17.4 Å². The standard InChI is InChI=1S/C14H19NO2/c1-15-9-14(6-2-3-7-14)11-4-5-12-13(8-11)17-10-16-12/h4-5,8,15H,2-3,6-7,9-10H2,1H3. The molecule has 3 nitrogen and oxygen atoms in total. The van der Waals surface area contributed by atoms with E-state index in [1.54, 1.807) is 0 Å². The van der Waals surface area contributed by atoms with Crippen molar-refractivity contribution < 1.29 is 9.47 Å². The van der Waals surface area contributed by atoms with Crippen molar-refractivity contribution in [3.05, 3.63) is 23.8 Å². The zero-order valence-corrected chi connectivity index (χ0v) is 10.3. The van der Waals surface area contributed by atoms with E-state index >= 15 is 0 Å². The van der Waals surface area contributed by atoms with Crippen molar-refractivity contribution in [1.82, 2.24) is 5.32 Å². The maximum atomic E-state index is 5.48. The first kappa shape index (κ1) is 10.9. The van der Waals surface area contributed by atoms with Gasteiger partial charge in [0.1, 0.15) is 0 Å². The van der Waals surface area contributed by atoms with Gasteiger partial charge < -0.3 is 14.8 Å². The molecule has 0 unspecified atom stereocenters. The van der Waals surface area contributed by atoms with E-state index in [4.69, 9.17) is 9.47 Å². The predicted molar refractivity (Wildman–Crippen MR) is 66.6 cm³/mol. The van der Waals surface area contributed by atoms with Crippen LogP contribution in [0.2, 0.25) is 0 Å². The number of hydrogen-bond donors (Lipinski definition) is 1. The Morgan fingerprint density at radius 1 is 1.18 bits per heavy atom. The van der Waals surface area contributed by atoms with Gasteiger partial charge in [0, 0.05) is 12.0 Å². The second-order valence-corrected chi connectivity index (χ2v) is 5.09. The molecule has 0 atom stereocenters. The number of fused-ring (bicyclic) bond motifs is 1. The normalized spacial score (nSPS) is 20.8. The highest BCUT2D eigenvalue weighted by Crippen LogP contribution is 2.44. The van der Waals surface area contributed by atoms with Crippen LogP contribution in [0.5, 0.6) is 11.5 Å². The fourth-order valence-electron chi connectivity index (χ4n) is 3.18. The van der Waals surface area contributed by atoms with Gasteiger partial charge in [-0.15, -0.1) is 0 Å². The zero-order valence-electron chi connectivity index (χ0n) is 10.3. The Morgan fingerprint density at radius 2 is 1.94 bits per heavy atom. The van der Waals surface area contributed by atoms with Crippen LogP contribution >= 0.6 is 0 Å². The first-order valence-electron chi connectivity index (χ1n) is 6.39. The van der Waals surface area contributed by atoms with Crippen LogP contribution in [0.4, 0.5) is 0 Å². The monoisotopic (exact) mass is 233 g/mol. The Labute approximate surface area is 102 Å². The molecular weight excluding hydrogens is 214 g/mol. The first-order chi connectivity index (χ1) is 8.34. The van der Waals surface area contributed by atoms with Gasteiger partial charge in [-0.1, -0.05) is 18.9 Å². The second-order valence-electron chi connectivity index (χ2n) is 5.09. The summed E-state index contributed by atoms with van der Waals surface area (Å²) in [6.07, 6.45) is 5.20. The molecule has 0 saturated heterocycles. The highest BCUT2D eigenvalue weighted by atomic mass is 16.7. The highest BCUT2D eigenvalue weighted by Gasteiger charge is 2.35. The van der Waals surface area contributed by atoms with Crippen molar-refractivity contribution in [2.75, 3.05) is 20.4 Å². The van der Waals surface area contributed by atoms with Gasteiger partial charge in [0.15, 0.2) is 11.5 Å². The summed E-state index contributed by atoms with van der Waals surface area (Å²) in [5.41, 5.74) is 1.70. The number of ether oxygens (including phenoxy) is 2. The minimum absolute atomic E-state index is 0.301. The molecule has 1 fully saturated rings. The van der Waals surface area contributed by atoms with Crippen LogP contribution in [0.3, 0.4) is 0 Å². The Morgan fingerprint density at radius 3 is 2.71 bits per heavy atom. The lowest BCUT2D eigenvalue weighted by Gasteiger charge is -2.29. The summed E-state index contributed by atoms with van der Waals surface area (Å²) in [7, 11) is 2.03. The summed E-state index contributed by atoms with van der Waals surface area (Å²) in [5.74, 6) is 1.79. The van der Waals surface area contributed by atoms with Gasteiger partial charge in [0.2, 0.25) is 6.79 Å². The van der Waals surface area contributed by atoms with Gasteiger partial charge in [-0.2, -0.15) is 0 Å². The molecule has 1 N–H and O–H groups in total. The molecule has 1 aliphatic heterocycles. The zero-order chi connectivity index (χ0) is 11.7. The number of hydrogen-bond acceptors (Lipinski definition) is 3. The lowest BCUT2D eigenvalue weighted by Crippen LogP contribution is -2.34. The largest absolute Gasteiger partial charge is 0.454 e. The van der Waals surface area contributed by atoms with E-state index in [-0.39, 0.29) is 0 Å². The number of rotatable bonds is 3. The summed E-state index contributed by atoms with van der Waals surface area (Å²) in [5, 5.41) is 3.34. The van der Waals surface area contributed by atoms with Gasteiger partial charge in [-0.25, -0.2) is 0 Å². The minimum atomic E-state index is 0.301. The van der Waals surface area contributed by atoms with Crippen molar-refractivity contribution in [1.29, 1.82) is 0 Å². The molecule has 3 rings (SSSR count). The van der Waals surface area contributed by atoms with E-state index in [1.807, 2.05) is 13.1 Å². The van der Waals surface area contributed by atoms with Crippen LogP contribution in [0, 0.1) is 0 Å². The van der Waals surface area contributed by atoms with Crippen molar-refractivity contribution >= 4 is 0 Å². The van der Waals surface area contributed by atoms with Crippen LogP contribution in [-0.2, 0) is 5.41 Å². The maximum absolute atomic E-state index is 5.48. The summed E-state index contributed by atoms with van der Waals surface area (Å²) in [4.78, 5) is 0. The molecule has 0 amide bonds. The van der Waals surface area contributed by atoms with Crippen LogP contribution in [0.15, 0.2) is 18.2 Å². The Kier molecular flexibility index (Phi) is 2.71. The van der Waals surface area contributed by atoms with Gasteiger partial charge in [0.05, 0.1) is 0 Å². The SMILES string of the molecule is CNCC1(c2ccc3c(c2)OCO3)CCCC1. The molecule has 0 spiro atoms. The molecule has 1 saturated carbocycles. The molecule has 1 aliphatic carbocycles. The van der Waals surface area contributed by atoms with Crippen molar-refractivity contribution in [3.8, 4) is 11.5 Å². The summed E-state index contributed by atoms with van der Waals surface area (Å²) < 4.78 is 10.9. The van der Waals surface area contributed by atoms with Gasteiger partial charge in [0.25, 0.3) is 0 Å². The summed E-state index contributed by atoms with van der Waals surface area (Å²) >= 11 is 0. The average Bonchev–Trinajstić information content (AvgIpc) is 2.96. The number of likely N-dealkylation sites (N-methyl/N-ethyl adjacent to an activating group) is 1. The van der Waals surface area contributed by atoms with Crippen molar-refractivity contribution in [2.45, 2.75) is 31.1 Å².